The molecule has 0 aliphatic rings. The van der Waals surface area contributed by atoms with E-state index in [9.17, 15) is 4.79 Å². The Bertz CT molecular complexity index is 765. The summed E-state index contributed by atoms with van der Waals surface area (Å²) in [6.45, 7) is 5.04. The molecule has 0 aliphatic heterocycles. The van der Waals surface area contributed by atoms with E-state index in [1.807, 2.05) is 37.4 Å². The quantitative estimate of drug-likeness (QED) is 0.741. The first kappa shape index (κ1) is 13.7. The van der Waals surface area contributed by atoms with Gasteiger partial charge in [0.2, 0.25) is 5.82 Å². The average Bonchev–Trinajstić information content (AvgIpc) is 3.13. The predicted molar refractivity (Wildman–Crippen MR) is 80.3 cm³/mol. The molecule has 0 bridgehead atoms. The lowest BCUT2D eigenvalue weighted by Gasteiger charge is -2.18. The van der Waals surface area contributed by atoms with Gasteiger partial charge >= 0.3 is 0 Å². The molecular weight excluding hydrogens is 286 g/mol. The first-order valence-electron chi connectivity index (χ1n) is 6.69. The van der Waals surface area contributed by atoms with Crippen LogP contribution >= 0.6 is 11.3 Å². The third kappa shape index (κ3) is 2.64. The van der Waals surface area contributed by atoms with Crippen LogP contribution in [0.15, 0.2) is 29.8 Å². The summed E-state index contributed by atoms with van der Waals surface area (Å²) in [6.07, 6.45) is 1.66. The number of nitrogens with zero attached hydrogens (tertiary/aromatic N) is 5. The van der Waals surface area contributed by atoms with Crippen LogP contribution in [0.1, 0.15) is 28.1 Å². The molecule has 0 radical (unpaired) electrons. The fraction of sp³-hybridized carbons (Fsp3) is 0.286. The second-order valence-corrected chi connectivity index (χ2v) is 5.66. The van der Waals surface area contributed by atoms with Crippen molar-refractivity contribution in [1.82, 2.24) is 24.5 Å². The number of amides is 1. The lowest BCUT2D eigenvalue weighted by molar-refractivity contribution is 0.0742. The van der Waals surface area contributed by atoms with Gasteiger partial charge in [0.05, 0.1) is 6.54 Å². The molecule has 3 aromatic rings. The number of aryl methyl sites for hydroxylation is 1. The number of thiophene rings is 1. The number of hydrogen-bond donors (Lipinski definition) is 0. The second kappa shape index (κ2) is 5.61. The number of rotatable bonds is 4. The molecule has 0 atom stereocenters. The van der Waals surface area contributed by atoms with Gasteiger partial charge in [0, 0.05) is 23.3 Å². The van der Waals surface area contributed by atoms with E-state index in [0.29, 0.717) is 18.9 Å². The summed E-state index contributed by atoms with van der Waals surface area (Å²) in [6, 6.07) is 5.83. The van der Waals surface area contributed by atoms with Crippen LogP contribution in [0.2, 0.25) is 0 Å². The van der Waals surface area contributed by atoms with Crippen LogP contribution in [0.4, 0.5) is 0 Å². The van der Waals surface area contributed by atoms with Crippen molar-refractivity contribution in [2.24, 2.45) is 0 Å². The summed E-state index contributed by atoms with van der Waals surface area (Å²) in [5, 5.41) is 6.27. The van der Waals surface area contributed by atoms with Crippen molar-refractivity contribution < 1.29 is 4.79 Å². The minimum absolute atomic E-state index is 0.171. The number of fused-ring (bicyclic) bond motifs is 1. The van der Waals surface area contributed by atoms with Gasteiger partial charge in [-0.1, -0.05) is 6.07 Å². The maximum absolute atomic E-state index is 12.5. The van der Waals surface area contributed by atoms with E-state index in [4.69, 9.17) is 0 Å². The molecule has 0 aliphatic carbocycles. The second-order valence-electron chi connectivity index (χ2n) is 4.63. The number of aromatic nitrogens is 4. The van der Waals surface area contributed by atoms with Gasteiger partial charge in [0.15, 0.2) is 0 Å². The van der Waals surface area contributed by atoms with Gasteiger partial charge in [-0.05, 0) is 31.4 Å². The van der Waals surface area contributed by atoms with Gasteiger partial charge in [0.1, 0.15) is 0 Å². The summed E-state index contributed by atoms with van der Waals surface area (Å²) in [5.74, 6) is 0.469. The molecule has 0 saturated heterocycles. The molecule has 0 spiro atoms. The average molecular weight is 301 g/mol. The van der Waals surface area contributed by atoms with E-state index in [-0.39, 0.29) is 11.7 Å². The molecule has 0 saturated carbocycles. The van der Waals surface area contributed by atoms with E-state index in [1.54, 1.807) is 26.9 Å². The highest BCUT2D eigenvalue weighted by molar-refractivity contribution is 7.09. The van der Waals surface area contributed by atoms with E-state index < -0.39 is 0 Å². The molecule has 0 N–H and O–H groups in total. The van der Waals surface area contributed by atoms with Crippen molar-refractivity contribution in [3.05, 3.63) is 46.2 Å². The Morgan fingerprint density at radius 1 is 1.43 bits per heavy atom. The van der Waals surface area contributed by atoms with Crippen LogP contribution in [0.5, 0.6) is 0 Å². The number of carbonyl (C=O) groups excluding carboxylic acids is 1. The van der Waals surface area contributed by atoms with E-state index in [2.05, 4.69) is 15.1 Å². The molecule has 3 aromatic heterocycles. The van der Waals surface area contributed by atoms with E-state index in [1.165, 1.54) is 0 Å². The van der Waals surface area contributed by atoms with Crippen LogP contribution in [0, 0.1) is 6.92 Å². The molecule has 3 rings (SSSR count). The molecule has 3 heterocycles. The van der Waals surface area contributed by atoms with Crippen molar-refractivity contribution in [3.63, 3.8) is 0 Å². The van der Waals surface area contributed by atoms with E-state index >= 15 is 0 Å². The first-order chi connectivity index (χ1) is 10.2. The summed E-state index contributed by atoms with van der Waals surface area (Å²) in [5.41, 5.74) is 0.896. The van der Waals surface area contributed by atoms with E-state index in [0.717, 1.165) is 10.6 Å². The Hall–Kier alpha value is -2.28. The molecule has 0 fully saturated rings. The van der Waals surface area contributed by atoms with Crippen molar-refractivity contribution in [2.75, 3.05) is 6.54 Å². The topological polar surface area (TPSA) is 63.4 Å². The van der Waals surface area contributed by atoms with Gasteiger partial charge in [-0.3, -0.25) is 4.79 Å². The summed E-state index contributed by atoms with van der Waals surface area (Å²) in [4.78, 5) is 23.8. The highest BCUT2D eigenvalue weighted by atomic mass is 32.1. The highest BCUT2D eigenvalue weighted by Crippen LogP contribution is 2.13. The third-order valence-electron chi connectivity index (χ3n) is 3.22. The minimum atomic E-state index is -0.171. The molecule has 7 heteroatoms. The van der Waals surface area contributed by atoms with Crippen LogP contribution in [0.3, 0.4) is 0 Å². The van der Waals surface area contributed by atoms with Gasteiger partial charge in [-0.25, -0.2) is 9.50 Å². The Balaban J connectivity index is 1.89. The SMILES string of the molecule is CCN(Cc1cccs1)C(=O)c1nc2nccc(C)n2n1. The van der Waals surface area contributed by atoms with Crippen molar-refractivity contribution in [2.45, 2.75) is 20.4 Å². The smallest absolute Gasteiger partial charge is 0.293 e. The van der Waals surface area contributed by atoms with Crippen LogP contribution in [-0.4, -0.2) is 36.9 Å². The Morgan fingerprint density at radius 2 is 2.29 bits per heavy atom. The molecule has 6 nitrogen and oxygen atoms in total. The minimum Gasteiger partial charge on any atom is -0.331 e. The molecule has 21 heavy (non-hydrogen) atoms. The zero-order chi connectivity index (χ0) is 14.8. The molecular formula is C14H15N5OS. The normalized spacial score (nSPS) is 11.0. The fourth-order valence-electron chi connectivity index (χ4n) is 2.06. The monoisotopic (exact) mass is 301 g/mol. The van der Waals surface area contributed by atoms with Crippen molar-refractivity contribution in [1.29, 1.82) is 0 Å². The Labute approximate surface area is 126 Å². The maximum atomic E-state index is 12.5. The van der Waals surface area contributed by atoms with Gasteiger partial charge in [-0.2, -0.15) is 4.98 Å². The summed E-state index contributed by atoms with van der Waals surface area (Å²) >= 11 is 1.63. The lowest BCUT2D eigenvalue weighted by Crippen LogP contribution is -2.30. The maximum Gasteiger partial charge on any atom is 0.293 e. The number of hydrogen-bond acceptors (Lipinski definition) is 5. The van der Waals surface area contributed by atoms with Crippen molar-refractivity contribution in [3.8, 4) is 0 Å². The van der Waals surface area contributed by atoms with Crippen molar-refractivity contribution >= 4 is 23.0 Å². The Morgan fingerprint density at radius 3 is 2.95 bits per heavy atom. The summed E-state index contributed by atoms with van der Waals surface area (Å²) < 4.78 is 1.59. The fourth-order valence-corrected chi connectivity index (χ4v) is 2.78. The zero-order valence-electron chi connectivity index (χ0n) is 11.9. The van der Waals surface area contributed by atoms with Gasteiger partial charge in [-0.15, -0.1) is 16.4 Å². The third-order valence-corrected chi connectivity index (χ3v) is 4.08. The first-order valence-corrected chi connectivity index (χ1v) is 7.57. The predicted octanol–water partition coefficient (Wildman–Crippen LogP) is 2.16. The molecule has 0 unspecified atom stereocenters. The summed E-state index contributed by atoms with van der Waals surface area (Å²) in [7, 11) is 0. The standard InChI is InChI=1S/C14H15N5OS/c1-3-18(9-11-5-4-8-21-11)13(20)12-16-14-15-7-6-10(2)19(14)17-12/h4-8H,3,9H2,1-2H3. The zero-order valence-corrected chi connectivity index (χ0v) is 12.7. The largest absolute Gasteiger partial charge is 0.331 e. The number of carbonyl (C=O) groups is 1. The highest BCUT2D eigenvalue weighted by Gasteiger charge is 2.20. The van der Waals surface area contributed by atoms with Crippen LogP contribution in [0.25, 0.3) is 5.78 Å². The lowest BCUT2D eigenvalue weighted by atomic mass is 10.4. The van der Waals surface area contributed by atoms with Crippen LogP contribution < -0.4 is 0 Å². The van der Waals surface area contributed by atoms with Crippen LogP contribution in [-0.2, 0) is 6.54 Å². The molecule has 108 valence electrons. The van der Waals surface area contributed by atoms with Gasteiger partial charge in [0.25, 0.3) is 11.7 Å². The Kier molecular flexibility index (Phi) is 3.66. The molecule has 1 amide bonds. The molecule has 0 aromatic carbocycles. The van der Waals surface area contributed by atoms with Gasteiger partial charge < -0.3 is 4.90 Å².